The number of aryl methyl sites for hydroxylation is 2. The lowest BCUT2D eigenvalue weighted by atomic mass is 10.3. The van der Waals surface area contributed by atoms with Gasteiger partial charge in [0.15, 0.2) is 5.82 Å². The molecule has 0 saturated heterocycles. The van der Waals surface area contributed by atoms with Crippen LogP contribution in [0.15, 0.2) is 12.1 Å². The molecule has 5 nitrogen and oxygen atoms in total. The van der Waals surface area contributed by atoms with Crippen LogP contribution >= 0.6 is 11.6 Å². The molecule has 2 aromatic rings. The first-order valence-corrected chi connectivity index (χ1v) is 6.81. The van der Waals surface area contributed by atoms with Gasteiger partial charge in [0.05, 0.1) is 10.7 Å². The van der Waals surface area contributed by atoms with Crippen molar-refractivity contribution in [1.82, 2.24) is 25.1 Å². The Morgan fingerprint density at radius 1 is 1.32 bits per heavy atom. The van der Waals surface area contributed by atoms with Gasteiger partial charge >= 0.3 is 0 Å². The average molecular weight is 278 g/mol. The SMILES string of the molecule is Cc1nc(C)n(-c2ccc(Cl)c(CNC3CC3)n2)n1. The quantitative estimate of drug-likeness (QED) is 0.931. The lowest BCUT2D eigenvalue weighted by molar-refractivity contribution is 0.669. The Labute approximate surface area is 117 Å². The molecule has 1 N–H and O–H groups in total. The molecule has 0 spiro atoms. The molecule has 0 amide bonds. The fourth-order valence-corrected chi connectivity index (χ4v) is 2.15. The van der Waals surface area contributed by atoms with Crippen molar-refractivity contribution in [2.75, 3.05) is 0 Å². The van der Waals surface area contributed by atoms with Crippen molar-refractivity contribution in [1.29, 1.82) is 0 Å². The second-order valence-corrected chi connectivity index (χ2v) is 5.28. The summed E-state index contributed by atoms with van der Waals surface area (Å²) >= 11 is 6.18. The molecule has 0 bridgehead atoms. The van der Waals surface area contributed by atoms with Gasteiger partial charge in [-0.05, 0) is 38.8 Å². The number of aromatic nitrogens is 4. The topological polar surface area (TPSA) is 55.6 Å². The van der Waals surface area contributed by atoms with Gasteiger partial charge < -0.3 is 5.32 Å². The molecule has 1 saturated carbocycles. The smallest absolute Gasteiger partial charge is 0.155 e. The summed E-state index contributed by atoms with van der Waals surface area (Å²) in [4.78, 5) is 8.87. The lowest BCUT2D eigenvalue weighted by Gasteiger charge is -2.08. The van der Waals surface area contributed by atoms with E-state index in [1.54, 1.807) is 4.68 Å². The van der Waals surface area contributed by atoms with Crippen LogP contribution in [0.4, 0.5) is 0 Å². The summed E-state index contributed by atoms with van der Waals surface area (Å²) in [5.41, 5.74) is 0.860. The van der Waals surface area contributed by atoms with E-state index >= 15 is 0 Å². The van der Waals surface area contributed by atoms with E-state index < -0.39 is 0 Å². The van der Waals surface area contributed by atoms with Gasteiger partial charge in [-0.25, -0.2) is 9.97 Å². The minimum atomic E-state index is 0.636. The Balaban J connectivity index is 1.89. The van der Waals surface area contributed by atoms with Crippen LogP contribution in [0, 0.1) is 13.8 Å². The van der Waals surface area contributed by atoms with Crippen LogP contribution in [0.25, 0.3) is 5.82 Å². The van der Waals surface area contributed by atoms with Crippen molar-refractivity contribution in [3.05, 3.63) is 34.5 Å². The fraction of sp³-hybridized carbons (Fsp3) is 0.462. The zero-order valence-electron chi connectivity index (χ0n) is 11.0. The molecule has 0 aromatic carbocycles. The van der Waals surface area contributed by atoms with E-state index in [0.717, 1.165) is 23.2 Å². The zero-order valence-corrected chi connectivity index (χ0v) is 11.8. The van der Waals surface area contributed by atoms with Crippen LogP contribution in [0.5, 0.6) is 0 Å². The first-order chi connectivity index (χ1) is 9.13. The van der Waals surface area contributed by atoms with E-state index in [1.807, 2.05) is 26.0 Å². The molecular weight excluding hydrogens is 262 g/mol. The maximum atomic E-state index is 6.18. The molecule has 1 aliphatic carbocycles. The van der Waals surface area contributed by atoms with Crippen molar-refractivity contribution < 1.29 is 0 Å². The van der Waals surface area contributed by atoms with Gasteiger partial charge in [0, 0.05) is 12.6 Å². The zero-order chi connectivity index (χ0) is 13.4. The van der Waals surface area contributed by atoms with Gasteiger partial charge in [0.1, 0.15) is 11.6 Å². The largest absolute Gasteiger partial charge is 0.308 e. The molecule has 19 heavy (non-hydrogen) atoms. The van der Waals surface area contributed by atoms with E-state index in [0.29, 0.717) is 17.6 Å². The summed E-state index contributed by atoms with van der Waals surface area (Å²) < 4.78 is 1.74. The minimum Gasteiger partial charge on any atom is -0.308 e. The number of hydrogen-bond donors (Lipinski definition) is 1. The van der Waals surface area contributed by atoms with E-state index in [4.69, 9.17) is 11.6 Å². The van der Waals surface area contributed by atoms with Crippen LogP contribution in [-0.4, -0.2) is 25.8 Å². The second kappa shape index (κ2) is 4.90. The molecule has 2 aromatic heterocycles. The second-order valence-electron chi connectivity index (χ2n) is 4.87. The Bertz CT molecular complexity index is 603. The summed E-state index contributed by atoms with van der Waals surface area (Å²) in [7, 11) is 0. The average Bonchev–Trinajstić information content (AvgIpc) is 3.13. The summed E-state index contributed by atoms with van der Waals surface area (Å²) in [5, 5.41) is 8.44. The molecule has 0 atom stereocenters. The first-order valence-electron chi connectivity index (χ1n) is 6.43. The standard InChI is InChI=1S/C13H16ClN5/c1-8-16-9(2)19(18-8)13-6-5-11(14)12(17-13)7-15-10-3-4-10/h5-6,10,15H,3-4,7H2,1-2H3. The molecule has 1 fully saturated rings. The maximum Gasteiger partial charge on any atom is 0.155 e. The summed E-state index contributed by atoms with van der Waals surface area (Å²) in [6, 6.07) is 4.37. The highest BCUT2D eigenvalue weighted by atomic mass is 35.5. The van der Waals surface area contributed by atoms with Crippen molar-refractivity contribution in [2.45, 2.75) is 39.3 Å². The van der Waals surface area contributed by atoms with Gasteiger partial charge in [-0.3, -0.25) is 0 Å². The molecule has 0 unspecified atom stereocenters. The van der Waals surface area contributed by atoms with Crippen molar-refractivity contribution in [3.63, 3.8) is 0 Å². The number of nitrogens with one attached hydrogen (secondary N) is 1. The minimum absolute atomic E-state index is 0.636. The number of hydrogen-bond acceptors (Lipinski definition) is 4. The van der Waals surface area contributed by atoms with E-state index in [9.17, 15) is 0 Å². The van der Waals surface area contributed by atoms with Gasteiger partial charge in [-0.15, -0.1) is 5.10 Å². The highest BCUT2D eigenvalue weighted by Gasteiger charge is 2.21. The maximum absolute atomic E-state index is 6.18. The van der Waals surface area contributed by atoms with Crippen LogP contribution < -0.4 is 5.32 Å². The third-order valence-corrected chi connectivity index (χ3v) is 3.48. The predicted octanol–water partition coefficient (Wildman–Crippen LogP) is 2.18. The van der Waals surface area contributed by atoms with Gasteiger partial charge in [-0.2, -0.15) is 4.68 Å². The lowest BCUT2D eigenvalue weighted by Crippen LogP contribution is -2.17. The van der Waals surface area contributed by atoms with Gasteiger partial charge in [0.2, 0.25) is 0 Å². The Morgan fingerprint density at radius 3 is 2.74 bits per heavy atom. The third-order valence-electron chi connectivity index (χ3n) is 3.13. The first kappa shape index (κ1) is 12.6. The molecule has 6 heteroatoms. The van der Waals surface area contributed by atoms with Crippen LogP contribution in [-0.2, 0) is 6.54 Å². The molecule has 0 aliphatic heterocycles. The van der Waals surface area contributed by atoms with Crippen LogP contribution in [0.1, 0.15) is 30.2 Å². The molecule has 100 valence electrons. The summed E-state index contributed by atoms with van der Waals surface area (Å²) in [6.07, 6.45) is 2.50. The van der Waals surface area contributed by atoms with Crippen molar-refractivity contribution >= 4 is 11.6 Å². The van der Waals surface area contributed by atoms with Crippen LogP contribution in [0.3, 0.4) is 0 Å². The number of rotatable bonds is 4. The summed E-state index contributed by atoms with van der Waals surface area (Å²) in [5.74, 6) is 2.33. The number of halogens is 1. The molecule has 3 rings (SSSR count). The Morgan fingerprint density at radius 2 is 2.11 bits per heavy atom. The van der Waals surface area contributed by atoms with Crippen LogP contribution in [0.2, 0.25) is 5.02 Å². The fourth-order valence-electron chi connectivity index (χ4n) is 1.98. The summed E-state index contributed by atoms with van der Waals surface area (Å²) in [6.45, 7) is 4.48. The Kier molecular flexibility index (Phi) is 3.24. The van der Waals surface area contributed by atoms with E-state index in [1.165, 1.54) is 12.8 Å². The highest BCUT2D eigenvalue weighted by molar-refractivity contribution is 6.31. The third kappa shape index (κ3) is 2.77. The van der Waals surface area contributed by atoms with Crippen molar-refractivity contribution in [2.24, 2.45) is 0 Å². The number of nitrogens with zero attached hydrogens (tertiary/aromatic N) is 4. The van der Waals surface area contributed by atoms with E-state index in [-0.39, 0.29) is 0 Å². The monoisotopic (exact) mass is 277 g/mol. The van der Waals surface area contributed by atoms with Crippen molar-refractivity contribution in [3.8, 4) is 5.82 Å². The molecule has 0 radical (unpaired) electrons. The van der Waals surface area contributed by atoms with Gasteiger partial charge in [0.25, 0.3) is 0 Å². The van der Waals surface area contributed by atoms with E-state index in [2.05, 4.69) is 20.4 Å². The highest BCUT2D eigenvalue weighted by Crippen LogP contribution is 2.21. The number of pyridine rings is 1. The Hall–Kier alpha value is -1.46. The normalized spacial score (nSPS) is 14.9. The van der Waals surface area contributed by atoms with Gasteiger partial charge in [-0.1, -0.05) is 11.6 Å². The molecule has 1 aliphatic rings. The predicted molar refractivity (Wildman–Crippen MR) is 73.5 cm³/mol. The molecular formula is C13H16ClN5. The molecule has 2 heterocycles.